The van der Waals surface area contributed by atoms with Crippen LogP contribution in [-0.2, 0) is 32.7 Å². The van der Waals surface area contributed by atoms with E-state index in [0.717, 1.165) is 98.5 Å². The van der Waals surface area contributed by atoms with Crippen LogP contribution in [0.5, 0.6) is 11.5 Å². The number of hydrogen-bond donors (Lipinski definition) is 4. The lowest BCUT2D eigenvalue weighted by atomic mass is 10.0. The van der Waals surface area contributed by atoms with E-state index in [1.165, 1.54) is 5.56 Å². The number of nitrogens with zero attached hydrogens (tertiary/aromatic N) is 3. The Morgan fingerprint density at radius 1 is 0.561 bits per heavy atom. The topological polar surface area (TPSA) is 102 Å². The van der Waals surface area contributed by atoms with Gasteiger partial charge in [-0.15, -0.1) is 0 Å². The van der Waals surface area contributed by atoms with Gasteiger partial charge in [-0.2, -0.15) is 0 Å². The molecule has 7 nitrogen and oxygen atoms in total. The van der Waals surface area contributed by atoms with Crippen molar-refractivity contribution in [1.82, 2.24) is 14.7 Å². The lowest BCUT2D eigenvalue weighted by Crippen LogP contribution is -2.36. The Balaban J connectivity index is 1.52. The SMILES string of the molecule is Cc1cc(CN)c(O)c(CN2CCCN(Cc3ccccc3)CCCN(Cc3cc(C)cc(CN)c3O)CCC2)c1. The summed E-state index contributed by atoms with van der Waals surface area (Å²) in [5, 5.41) is 21.8. The van der Waals surface area contributed by atoms with E-state index in [4.69, 9.17) is 11.5 Å². The van der Waals surface area contributed by atoms with Gasteiger partial charge in [0.1, 0.15) is 11.5 Å². The molecule has 4 rings (SSSR count). The minimum absolute atomic E-state index is 0.335. The van der Waals surface area contributed by atoms with Gasteiger partial charge in [0.15, 0.2) is 0 Å². The molecule has 6 N–H and O–H groups in total. The highest BCUT2D eigenvalue weighted by molar-refractivity contribution is 5.44. The Hall–Kier alpha value is -2.94. The van der Waals surface area contributed by atoms with Crippen LogP contribution < -0.4 is 11.5 Å². The van der Waals surface area contributed by atoms with Gasteiger partial charge in [0.05, 0.1) is 0 Å². The third-order valence-corrected chi connectivity index (χ3v) is 8.15. The maximum Gasteiger partial charge on any atom is 0.124 e. The largest absolute Gasteiger partial charge is 0.507 e. The Morgan fingerprint density at radius 2 is 0.927 bits per heavy atom. The summed E-state index contributed by atoms with van der Waals surface area (Å²) in [5.74, 6) is 0.671. The summed E-state index contributed by atoms with van der Waals surface area (Å²) in [6.45, 7) is 13.0. The van der Waals surface area contributed by atoms with Gasteiger partial charge < -0.3 is 21.7 Å². The second-order valence-corrected chi connectivity index (χ2v) is 11.6. The van der Waals surface area contributed by atoms with Crippen molar-refractivity contribution in [1.29, 1.82) is 0 Å². The molecule has 0 spiro atoms. The Labute approximate surface area is 246 Å². The third kappa shape index (κ3) is 9.02. The summed E-state index contributed by atoms with van der Waals surface area (Å²) >= 11 is 0. The van der Waals surface area contributed by atoms with Gasteiger partial charge in [-0.05, 0) is 77.9 Å². The lowest BCUT2D eigenvalue weighted by Gasteiger charge is -2.31. The first kappa shape index (κ1) is 31.0. The van der Waals surface area contributed by atoms with Crippen LogP contribution in [0.1, 0.15) is 58.2 Å². The second kappa shape index (κ2) is 15.3. The fourth-order valence-electron chi connectivity index (χ4n) is 6.11. The minimum atomic E-state index is 0.335. The molecule has 1 fully saturated rings. The molecule has 0 saturated carbocycles. The Bertz CT molecular complexity index is 1170. The molecule has 1 aliphatic heterocycles. The quantitative estimate of drug-likeness (QED) is 0.319. The minimum Gasteiger partial charge on any atom is -0.507 e. The van der Waals surface area contributed by atoms with Crippen LogP contribution in [0.3, 0.4) is 0 Å². The molecule has 7 heteroatoms. The maximum atomic E-state index is 10.9. The number of benzene rings is 3. The fourth-order valence-corrected chi connectivity index (χ4v) is 6.11. The fraction of sp³-hybridized carbons (Fsp3) is 0.471. The van der Waals surface area contributed by atoms with Gasteiger partial charge in [0, 0.05) is 55.0 Å². The van der Waals surface area contributed by atoms with Crippen LogP contribution in [0, 0.1) is 13.8 Å². The molecule has 0 aromatic heterocycles. The first-order valence-corrected chi connectivity index (χ1v) is 15.1. The summed E-state index contributed by atoms with van der Waals surface area (Å²) in [6.07, 6.45) is 3.16. The number of hydrogen-bond acceptors (Lipinski definition) is 7. The van der Waals surface area contributed by atoms with E-state index in [9.17, 15) is 10.2 Å². The molecule has 0 aliphatic carbocycles. The van der Waals surface area contributed by atoms with Gasteiger partial charge in [-0.1, -0.05) is 65.7 Å². The number of phenolic OH excluding ortho intramolecular Hbond substituents is 2. The van der Waals surface area contributed by atoms with Gasteiger partial charge >= 0.3 is 0 Å². The van der Waals surface area contributed by atoms with Crippen LogP contribution >= 0.6 is 0 Å². The third-order valence-electron chi connectivity index (χ3n) is 8.15. The smallest absolute Gasteiger partial charge is 0.124 e. The molecule has 3 aromatic rings. The molecular weight excluding hydrogens is 510 g/mol. The molecule has 222 valence electrons. The van der Waals surface area contributed by atoms with Crippen LogP contribution in [-0.4, -0.2) is 64.2 Å². The van der Waals surface area contributed by atoms with Gasteiger partial charge in [-0.3, -0.25) is 14.7 Å². The normalized spacial score (nSPS) is 16.8. The predicted octanol–water partition coefficient (Wildman–Crippen LogP) is 4.62. The molecule has 41 heavy (non-hydrogen) atoms. The zero-order valence-corrected chi connectivity index (χ0v) is 25.0. The average molecular weight is 560 g/mol. The van der Waals surface area contributed by atoms with Crippen molar-refractivity contribution < 1.29 is 10.2 Å². The maximum absolute atomic E-state index is 10.9. The van der Waals surface area contributed by atoms with E-state index < -0.39 is 0 Å². The Kier molecular flexibility index (Phi) is 11.6. The zero-order valence-electron chi connectivity index (χ0n) is 25.0. The lowest BCUT2D eigenvalue weighted by molar-refractivity contribution is 0.171. The van der Waals surface area contributed by atoms with Crippen molar-refractivity contribution >= 4 is 0 Å². The number of rotatable bonds is 8. The first-order valence-electron chi connectivity index (χ1n) is 15.1. The summed E-state index contributed by atoms with van der Waals surface area (Å²) in [6, 6.07) is 18.9. The van der Waals surface area contributed by atoms with Crippen LogP contribution in [0.25, 0.3) is 0 Å². The summed E-state index contributed by atoms with van der Waals surface area (Å²) < 4.78 is 0. The molecule has 0 amide bonds. The summed E-state index contributed by atoms with van der Waals surface area (Å²) in [4.78, 5) is 7.53. The van der Waals surface area contributed by atoms with E-state index >= 15 is 0 Å². The van der Waals surface area contributed by atoms with Crippen molar-refractivity contribution in [2.24, 2.45) is 11.5 Å². The van der Waals surface area contributed by atoms with E-state index in [-0.39, 0.29) is 0 Å². The van der Waals surface area contributed by atoms with E-state index in [1.807, 2.05) is 12.1 Å². The standard InChI is InChI=1S/C34H49N5O2/c1-26-17-29(21-35)33(40)31(19-26)24-38-13-6-11-37(23-28-9-4-3-5-10-28)12-7-14-39(16-8-15-38)25-32-20-27(2)18-30(22-36)34(32)41/h3-5,9-10,17-20,40-41H,6-8,11-16,21-25,35-36H2,1-2H3. The van der Waals surface area contributed by atoms with E-state index in [2.05, 4.69) is 71.0 Å². The summed E-state index contributed by atoms with van der Waals surface area (Å²) in [7, 11) is 0. The Morgan fingerprint density at radius 3 is 1.32 bits per heavy atom. The average Bonchev–Trinajstić information content (AvgIpc) is 2.95. The predicted molar refractivity (Wildman–Crippen MR) is 168 cm³/mol. The van der Waals surface area contributed by atoms with E-state index in [0.29, 0.717) is 37.7 Å². The molecule has 1 aliphatic rings. The van der Waals surface area contributed by atoms with Crippen LogP contribution in [0.4, 0.5) is 0 Å². The first-order chi connectivity index (χ1) is 19.9. The van der Waals surface area contributed by atoms with Gasteiger partial charge in [-0.25, -0.2) is 0 Å². The number of nitrogens with two attached hydrogens (primary N) is 2. The number of phenols is 2. The molecule has 0 atom stereocenters. The molecule has 1 saturated heterocycles. The molecule has 0 bridgehead atoms. The summed E-state index contributed by atoms with van der Waals surface area (Å²) in [5.41, 5.74) is 19.0. The zero-order chi connectivity index (χ0) is 29.2. The van der Waals surface area contributed by atoms with Crippen LogP contribution in [0.15, 0.2) is 54.6 Å². The highest BCUT2D eigenvalue weighted by Crippen LogP contribution is 2.27. The highest BCUT2D eigenvalue weighted by Gasteiger charge is 2.18. The number of aryl methyl sites for hydroxylation is 2. The van der Waals surface area contributed by atoms with Crippen molar-refractivity contribution in [3.63, 3.8) is 0 Å². The van der Waals surface area contributed by atoms with Crippen molar-refractivity contribution in [2.45, 2.75) is 65.8 Å². The van der Waals surface area contributed by atoms with Crippen molar-refractivity contribution in [2.75, 3.05) is 39.3 Å². The molecular formula is C34H49N5O2. The van der Waals surface area contributed by atoms with Crippen molar-refractivity contribution in [3.05, 3.63) is 93.5 Å². The van der Waals surface area contributed by atoms with Crippen LogP contribution in [0.2, 0.25) is 0 Å². The van der Waals surface area contributed by atoms with E-state index in [1.54, 1.807) is 0 Å². The molecule has 0 unspecified atom stereocenters. The van der Waals surface area contributed by atoms with Crippen molar-refractivity contribution in [3.8, 4) is 11.5 Å². The second-order valence-electron chi connectivity index (χ2n) is 11.6. The highest BCUT2D eigenvalue weighted by atomic mass is 16.3. The number of aromatic hydroxyl groups is 2. The molecule has 3 aromatic carbocycles. The van der Waals surface area contributed by atoms with Gasteiger partial charge in [0.25, 0.3) is 0 Å². The van der Waals surface area contributed by atoms with Gasteiger partial charge in [0.2, 0.25) is 0 Å². The molecule has 0 radical (unpaired) electrons. The monoisotopic (exact) mass is 559 g/mol. The molecule has 1 heterocycles.